The molecule has 0 aliphatic carbocycles. The van der Waals surface area contributed by atoms with Crippen LogP contribution in [0.3, 0.4) is 0 Å². The Bertz CT molecular complexity index is 812. The molecular weight excluding hydrogens is 365 g/mol. The van der Waals surface area contributed by atoms with Crippen molar-refractivity contribution in [2.45, 2.75) is 32.0 Å². The Kier molecular flexibility index (Phi) is 6.43. The van der Waals surface area contributed by atoms with Crippen LogP contribution in [0.5, 0.6) is 0 Å². The van der Waals surface area contributed by atoms with Crippen LogP contribution in [-0.2, 0) is 29.0 Å². The van der Waals surface area contributed by atoms with Gasteiger partial charge in [0.2, 0.25) is 0 Å². The van der Waals surface area contributed by atoms with Crippen molar-refractivity contribution in [3.8, 4) is 0 Å². The average Bonchev–Trinajstić information content (AvgIpc) is 3.09. The van der Waals surface area contributed by atoms with E-state index in [0.29, 0.717) is 38.2 Å². The van der Waals surface area contributed by atoms with Gasteiger partial charge >= 0.3 is 5.97 Å². The molecule has 2 aromatic rings. The molecule has 1 fully saturated rings. The minimum atomic E-state index is -1.39. The summed E-state index contributed by atoms with van der Waals surface area (Å²) in [5.74, 6) is -1.48. The third-order valence-electron chi connectivity index (χ3n) is 5.42. The highest BCUT2D eigenvalue weighted by Crippen LogP contribution is 2.35. The molecule has 1 aliphatic heterocycles. The number of hydrogen-bond acceptors (Lipinski definition) is 5. The number of carboxylic acid groups (broad SMARTS) is 1. The van der Waals surface area contributed by atoms with Crippen LogP contribution < -0.4 is 0 Å². The second-order valence-electron chi connectivity index (χ2n) is 7.35. The lowest BCUT2D eigenvalue weighted by Crippen LogP contribution is -2.57. The van der Waals surface area contributed by atoms with Crippen LogP contribution in [0.15, 0.2) is 36.8 Å². The van der Waals surface area contributed by atoms with Gasteiger partial charge in [-0.25, -0.2) is 9.37 Å². The first-order valence-electron chi connectivity index (χ1n) is 9.31. The van der Waals surface area contributed by atoms with Crippen LogP contribution in [-0.4, -0.2) is 63.5 Å². The number of aliphatic carboxylic acids is 1. The van der Waals surface area contributed by atoms with Crippen molar-refractivity contribution in [1.82, 2.24) is 14.5 Å². The fourth-order valence-corrected chi connectivity index (χ4v) is 3.87. The second-order valence-corrected chi connectivity index (χ2v) is 7.35. The smallest absolute Gasteiger partial charge is 0.313 e. The number of carbonyl (C=O) groups is 1. The fourth-order valence-electron chi connectivity index (χ4n) is 3.87. The molecule has 152 valence electrons. The van der Waals surface area contributed by atoms with Crippen LogP contribution >= 0.6 is 0 Å². The van der Waals surface area contributed by atoms with Crippen LogP contribution in [0.25, 0.3) is 0 Å². The number of hydrogen-bond donors (Lipinski definition) is 2. The predicted molar refractivity (Wildman–Crippen MR) is 100 cm³/mol. The summed E-state index contributed by atoms with van der Waals surface area (Å²) in [6.45, 7) is 2.50. The molecule has 3 rings (SSSR count). The van der Waals surface area contributed by atoms with Gasteiger partial charge in [-0.3, -0.25) is 9.69 Å². The number of imidazole rings is 1. The Labute approximate surface area is 163 Å². The number of aliphatic hydroxyl groups is 1. The van der Waals surface area contributed by atoms with Crippen LogP contribution in [0, 0.1) is 11.2 Å². The van der Waals surface area contributed by atoms with Crippen molar-refractivity contribution < 1.29 is 24.1 Å². The first-order chi connectivity index (χ1) is 13.4. The summed E-state index contributed by atoms with van der Waals surface area (Å²) in [4.78, 5) is 18.4. The van der Waals surface area contributed by atoms with E-state index in [1.165, 1.54) is 12.1 Å². The van der Waals surface area contributed by atoms with Gasteiger partial charge < -0.3 is 19.5 Å². The highest BCUT2D eigenvalue weighted by atomic mass is 19.1. The lowest BCUT2D eigenvalue weighted by Gasteiger charge is -2.43. The summed E-state index contributed by atoms with van der Waals surface area (Å²) in [7, 11) is 1.64. The molecule has 7 nitrogen and oxygen atoms in total. The monoisotopic (exact) mass is 391 g/mol. The maximum Gasteiger partial charge on any atom is 0.313 e. The standard InChI is InChI=1S/C20H26FN3O4/c1-28-8-7-24-14-22-11-17(24)12-23-6-5-18(25)20(13-23,19(26)27)10-15-3-2-4-16(21)9-15/h2-4,9,11,14,18,25H,5-8,10,12-13H2,1H3,(H,26,27)/t18-,20-/m1/s1. The summed E-state index contributed by atoms with van der Waals surface area (Å²) < 4.78 is 20.7. The van der Waals surface area contributed by atoms with Gasteiger partial charge in [-0.15, -0.1) is 0 Å². The van der Waals surface area contributed by atoms with E-state index in [9.17, 15) is 19.4 Å². The van der Waals surface area contributed by atoms with E-state index in [1.807, 2.05) is 9.47 Å². The second kappa shape index (κ2) is 8.81. The SMILES string of the molecule is COCCn1cncc1CN1CC[C@@H](O)[C@](Cc2cccc(F)c2)(C(=O)O)C1. The van der Waals surface area contributed by atoms with Crippen molar-refractivity contribution in [2.75, 3.05) is 26.8 Å². The molecule has 2 heterocycles. The number of benzene rings is 1. The normalized spacial score (nSPS) is 23.0. The zero-order valence-electron chi connectivity index (χ0n) is 15.9. The predicted octanol–water partition coefficient (Wildman–Crippen LogP) is 1.55. The van der Waals surface area contributed by atoms with E-state index in [4.69, 9.17) is 4.74 Å². The van der Waals surface area contributed by atoms with Gasteiger partial charge in [0.15, 0.2) is 0 Å². The van der Waals surface area contributed by atoms with Crippen molar-refractivity contribution in [3.05, 3.63) is 53.9 Å². The molecule has 1 saturated heterocycles. The largest absolute Gasteiger partial charge is 0.481 e. The van der Waals surface area contributed by atoms with Crippen molar-refractivity contribution in [2.24, 2.45) is 5.41 Å². The maximum absolute atomic E-state index is 13.6. The molecule has 0 saturated carbocycles. The van der Waals surface area contributed by atoms with Crippen LogP contribution in [0.2, 0.25) is 0 Å². The molecule has 1 aromatic carbocycles. The highest BCUT2D eigenvalue weighted by Gasteiger charge is 2.49. The molecule has 2 N–H and O–H groups in total. The summed E-state index contributed by atoms with van der Waals surface area (Å²) >= 11 is 0. The number of rotatable bonds is 8. The van der Waals surface area contributed by atoms with E-state index in [1.54, 1.807) is 31.8 Å². The van der Waals surface area contributed by atoms with Gasteiger partial charge in [0.1, 0.15) is 11.2 Å². The zero-order chi connectivity index (χ0) is 20.1. The molecule has 28 heavy (non-hydrogen) atoms. The molecule has 0 amide bonds. The summed E-state index contributed by atoms with van der Waals surface area (Å²) in [5, 5.41) is 20.6. The molecule has 8 heteroatoms. The molecule has 0 unspecified atom stereocenters. The fraction of sp³-hybridized carbons (Fsp3) is 0.500. The number of aliphatic hydroxyl groups excluding tert-OH is 1. The lowest BCUT2D eigenvalue weighted by atomic mass is 9.73. The summed E-state index contributed by atoms with van der Waals surface area (Å²) in [6, 6.07) is 5.90. The van der Waals surface area contributed by atoms with E-state index in [-0.39, 0.29) is 13.0 Å². The van der Waals surface area contributed by atoms with E-state index in [0.717, 1.165) is 5.69 Å². The number of piperidine rings is 1. The molecule has 0 spiro atoms. The number of halogens is 1. The Morgan fingerprint density at radius 2 is 2.29 bits per heavy atom. The molecule has 0 bridgehead atoms. The van der Waals surface area contributed by atoms with Crippen molar-refractivity contribution in [1.29, 1.82) is 0 Å². The zero-order valence-corrected chi connectivity index (χ0v) is 15.9. The average molecular weight is 391 g/mol. The summed E-state index contributed by atoms with van der Waals surface area (Å²) in [5.41, 5.74) is 0.135. The molecule has 1 aliphatic rings. The summed E-state index contributed by atoms with van der Waals surface area (Å²) in [6.07, 6.45) is 2.90. The van der Waals surface area contributed by atoms with Gasteiger partial charge in [0.05, 0.1) is 24.7 Å². The Balaban J connectivity index is 1.79. The van der Waals surface area contributed by atoms with Gasteiger partial charge in [0.25, 0.3) is 0 Å². The minimum Gasteiger partial charge on any atom is -0.481 e. The van der Waals surface area contributed by atoms with E-state index < -0.39 is 23.3 Å². The van der Waals surface area contributed by atoms with Crippen molar-refractivity contribution >= 4 is 5.97 Å². The van der Waals surface area contributed by atoms with Crippen LogP contribution in [0.1, 0.15) is 17.7 Å². The minimum absolute atomic E-state index is 0.0701. The third kappa shape index (κ3) is 4.40. The topological polar surface area (TPSA) is 87.8 Å². The van der Waals surface area contributed by atoms with Gasteiger partial charge in [0, 0.05) is 39.5 Å². The molecular formula is C20H26FN3O4. The number of ether oxygens (including phenoxy) is 1. The molecule has 0 radical (unpaired) electrons. The van der Waals surface area contributed by atoms with Gasteiger partial charge in [-0.05, 0) is 30.5 Å². The number of methoxy groups -OCH3 is 1. The third-order valence-corrected chi connectivity index (χ3v) is 5.42. The first-order valence-corrected chi connectivity index (χ1v) is 9.31. The van der Waals surface area contributed by atoms with E-state index in [2.05, 4.69) is 4.98 Å². The highest BCUT2D eigenvalue weighted by molar-refractivity contribution is 5.76. The number of aromatic nitrogens is 2. The lowest BCUT2D eigenvalue weighted by molar-refractivity contribution is -0.163. The van der Waals surface area contributed by atoms with Gasteiger partial charge in [-0.2, -0.15) is 0 Å². The quantitative estimate of drug-likeness (QED) is 0.710. The number of nitrogens with zero attached hydrogens (tertiary/aromatic N) is 3. The van der Waals surface area contributed by atoms with Crippen molar-refractivity contribution in [3.63, 3.8) is 0 Å². The Hall–Kier alpha value is -2.29. The first kappa shape index (κ1) is 20.4. The maximum atomic E-state index is 13.6. The number of likely N-dealkylation sites (tertiary alicyclic amines) is 1. The Morgan fingerprint density at radius 3 is 3.00 bits per heavy atom. The van der Waals surface area contributed by atoms with E-state index >= 15 is 0 Å². The molecule has 2 atom stereocenters. The number of carboxylic acids is 1. The van der Waals surface area contributed by atoms with Gasteiger partial charge in [-0.1, -0.05) is 12.1 Å². The van der Waals surface area contributed by atoms with Crippen LogP contribution in [0.4, 0.5) is 4.39 Å². The Morgan fingerprint density at radius 1 is 1.46 bits per heavy atom. The molecule has 1 aromatic heterocycles.